The van der Waals surface area contributed by atoms with E-state index >= 15 is 0 Å². The van der Waals surface area contributed by atoms with Crippen molar-refractivity contribution in [1.29, 1.82) is 0 Å². The van der Waals surface area contributed by atoms with Crippen molar-refractivity contribution in [2.45, 2.75) is 31.0 Å². The minimum Gasteiger partial charge on any atom is -0.467 e. The molecule has 2 heterocycles. The molecule has 0 unspecified atom stereocenters. The van der Waals surface area contributed by atoms with E-state index in [1.807, 2.05) is 30.3 Å². The second kappa shape index (κ2) is 10.5. The van der Waals surface area contributed by atoms with E-state index in [4.69, 9.17) is 16.2 Å². The van der Waals surface area contributed by atoms with Crippen molar-refractivity contribution >= 4 is 40.5 Å². The van der Waals surface area contributed by atoms with Crippen LogP contribution in [0.2, 0.25) is 0 Å². The second-order valence-corrected chi connectivity index (χ2v) is 8.64. The zero-order valence-corrected chi connectivity index (χ0v) is 19.7. The molecule has 188 valence electrons. The van der Waals surface area contributed by atoms with Crippen molar-refractivity contribution in [2.24, 2.45) is 11.5 Å². The van der Waals surface area contributed by atoms with E-state index in [0.717, 1.165) is 5.56 Å². The maximum absolute atomic E-state index is 13.2. The Morgan fingerprint density at radius 2 is 1.78 bits per heavy atom. The van der Waals surface area contributed by atoms with Gasteiger partial charge in [0.2, 0.25) is 5.91 Å². The molecule has 0 bridgehead atoms. The monoisotopic (exact) mass is 492 g/mol. The Kier molecular flexibility index (Phi) is 7.20. The summed E-state index contributed by atoms with van der Waals surface area (Å²) in [6, 6.07) is 12.7. The highest BCUT2D eigenvalue weighted by Crippen LogP contribution is 2.27. The van der Waals surface area contributed by atoms with E-state index < -0.39 is 42.1 Å². The number of nitrogens with zero attached hydrogens (tertiary/aromatic N) is 2. The van der Waals surface area contributed by atoms with Gasteiger partial charge in [-0.25, -0.2) is 14.4 Å². The number of primary amides is 1. The van der Waals surface area contributed by atoms with E-state index in [9.17, 15) is 19.2 Å². The summed E-state index contributed by atoms with van der Waals surface area (Å²) < 4.78 is 6.11. The predicted molar refractivity (Wildman–Crippen MR) is 133 cm³/mol. The van der Waals surface area contributed by atoms with Gasteiger partial charge in [0.05, 0.1) is 18.3 Å². The Morgan fingerprint density at radius 1 is 1.08 bits per heavy atom. The molecule has 1 aliphatic rings. The van der Waals surface area contributed by atoms with Crippen LogP contribution in [0.4, 0.5) is 15.3 Å². The smallest absolute Gasteiger partial charge is 0.328 e. The molecule has 11 nitrogen and oxygen atoms in total. The zero-order chi connectivity index (χ0) is 25.8. The number of aromatic nitrogens is 1. The number of likely N-dealkylation sites (tertiary alicyclic amines) is 1. The van der Waals surface area contributed by atoms with Gasteiger partial charge in [0.1, 0.15) is 12.1 Å². The maximum Gasteiger partial charge on any atom is 0.328 e. The number of methoxy groups -OCH3 is 1. The molecular formula is C25H28N6O5. The van der Waals surface area contributed by atoms with E-state index in [-0.39, 0.29) is 19.4 Å². The molecule has 1 fully saturated rings. The van der Waals surface area contributed by atoms with Crippen LogP contribution in [0.3, 0.4) is 0 Å². The number of anilines is 1. The van der Waals surface area contributed by atoms with Gasteiger partial charge in [0.25, 0.3) is 0 Å². The van der Waals surface area contributed by atoms with Crippen molar-refractivity contribution in [3.05, 3.63) is 66.4 Å². The Hall–Kier alpha value is -4.38. The highest BCUT2D eigenvalue weighted by atomic mass is 16.5. The summed E-state index contributed by atoms with van der Waals surface area (Å²) in [4.78, 5) is 52.0. The van der Waals surface area contributed by atoms with Gasteiger partial charge in [-0.15, -0.1) is 0 Å². The molecule has 4 rings (SSSR count). The molecule has 3 aromatic rings. The van der Waals surface area contributed by atoms with Crippen LogP contribution in [-0.4, -0.2) is 65.2 Å². The number of nitrogens with two attached hydrogens (primary N) is 2. The first kappa shape index (κ1) is 24.7. The number of fused-ring (bicyclic) bond motifs is 1. The fraction of sp³-hybridized carbons (Fsp3) is 0.280. The minimum absolute atomic E-state index is 0.139. The summed E-state index contributed by atoms with van der Waals surface area (Å²) in [5.74, 6) is -1.10. The molecule has 0 spiro atoms. The number of carbonyl (C=O) groups is 4. The normalized spacial score (nSPS) is 18.0. The molecule has 36 heavy (non-hydrogen) atoms. The number of urea groups is 1. The van der Waals surface area contributed by atoms with Gasteiger partial charge in [-0.3, -0.25) is 9.36 Å². The molecule has 0 radical (unpaired) electrons. The number of benzene rings is 2. The number of carbonyl (C=O) groups excluding carboxylic acids is 4. The summed E-state index contributed by atoms with van der Waals surface area (Å²) in [6.45, 7) is 0.139. The average molecular weight is 493 g/mol. The number of ether oxygens (including phenoxy) is 1. The van der Waals surface area contributed by atoms with Gasteiger partial charge in [-0.1, -0.05) is 48.5 Å². The molecular weight excluding hydrogens is 464 g/mol. The fourth-order valence-corrected chi connectivity index (χ4v) is 4.44. The number of amides is 4. The van der Waals surface area contributed by atoms with Gasteiger partial charge in [0, 0.05) is 30.6 Å². The Bertz CT molecular complexity index is 1290. The molecule has 0 aliphatic carbocycles. The van der Waals surface area contributed by atoms with Gasteiger partial charge in [-0.05, 0) is 18.1 Å². The van der Waals surface area contributed by atoms with Gasteiger partial charge < -0.3 is 31.7 Å². The number of hydrogen-bond donors (Lipinski definition) is 4. The Morgan fingerprint density at radius 3 is 2.47 bits per heavy atom. The van der Waals surface area contributed by atoms with E-state index in [1.54, 1.807) is 24.3 Å². The summed E-state index contributed by atoms with van der Waals surface area (Å²) >= 11 is 0. The number of hydrogen-bond acceptors (Lipinski definition) is 6. The maximum atomic E-state index is 13.2. The molecule has 11 heteroatoms. The van der Waals surface area contributed by atoms with Crippen LogP contribution in [0.25, 0.3) is 10.9 Å². The Labute approximate surface area is 207 Å². The first-order valence-electron chi connectivity index (χ1n) is 11.4. The minimum atomic E-state index is -0.930. The van der Waals surface area contributed by atoms with Crippen molar-refractivity contribution in [3.8, 4) is 0 Å². The van der Waals surface area contributed by atoms with E-state index in [2.05, 4.69) is 10.6 Å². The van der Waals surface area contributed by atoms with E-state index in [0.29, 0.717) is 16.6 Å². The van der Waals surface area contributed by atoms with Crippen LogP contribution >= 0.6 is 0 Å². The molecule has 6 N–H and O–H groups in total. The largest absolute Gasteiger partial charge is 0.467 e. The number of nitrogens with one attached hydrogen (secondary N) is 2. The predicted octanol–water partition coefficient (Wildman–Crippen LogP) is 1.40. The number of esters is 1. The van der Waals surface area contributed by atoms with Crippen molar-refractivity contribution in [2.75, 3.05) is 19.0 Å². The third kappa shape index (κ3) is 5.15. The summed E-state index contributed by atoms with van der Waals surface area (Å²) in [5, 5.41) is 6.10. The third-order valence-electron chi connectivity index (χ3n) is 6.17. The molecule has 1 aromatic heterocycles. The number of para-hydroxylation sites is 1. The SMILES string of the molecule is COC(=O)[C@H](Cc1ccccc1)NC(=O)[C@@H]1C[C@H](N)CN1C(=O)Nc1cn(C(N)=O)c2ccccc12. The van der Waals surface area contributed by atoms with Crippen LogP contribution in [0.5, 0.6) is 0 Å². The van der Waals surface area contributed by atoms with Crippen LogP contribution in [-0.2, 0) is 20.7 Å². The lowest BCUT2D eigenvalue weighted by molar-refractivity contribution is -0.145. The van der Waals surface area contributed by atoms with Crippen molar-refractivity contribution in [3.63, 3.8) is 0 Å². The summed E-state index contributed by atoms with van der Waals surface area (Å²) in [7, 11) is 1.25. The number of rotatable bonds is 6. The first-order valence-corrected chi connectivity index (χ1v) is 11.4. The molecule has 4 amide bonds. The lowest BCUT2D eigenvalue weighted by Crippen LogP contribution is -2.52. The lowest BCUT2D eigenvalue weighted by atomic mass is 10.0. The molecule has 1 aliphatic heterocycles. The third-order valence-corrected chi connectivity index (χ3v) is 6.17. The van der Waals surface area contributed by atoms with Crippen molar-refractivity contribution < 1.29 is 23.9 Å². The van der Waals surface area contributed by atoms with Crippen LogP contribution in [0.1, 0.15) is 12.0 Å². The lowest BCUT2D eigenvalue weighted by Gasteiger charge is -2.26. The fourth-order valence-electron chi connectivity index (χ4n) is 4.44. The Balaban J connectivity index is 1.52. The van der Waals surface area contributed by atoms with Gasteiger partial charge in [-0.2, -0.15) is 0 Å². The van der Waals surface area contributed by atoms with E-state index in [1.165, 1.54) is 22.8 Å². The first-order chi connectivity index (χ1) is 17.3. The molecule has 3 atom stereocenters. The molecule has 2 aromatic carbocycles. The van der Waals surface area contributed by atoms with Crippen LogP contribution < -0.4 is 22.1 Å². The zero-order valence-electron chi connectivity index (χ0n) is 19.7. The summed E-state index contributed by atoms with van der Waals surface area (Å²) in [5.41, 5.74) is 13.3. The average Bonchev–Trinajstić information content (AvgIpc) is 3.45. The summed E-state index contributed by atoms with van der Waals surface area (Å²) in [6.07, 6.45) is 1.89. The van der Waals surface area contributed by atoms with Crippen molar-refractivity contribution in [1.82, 2.24) is 14.8 Å². The van der Waals surface area contributed by atoms with Crippen LogP contribution in [0.15, 0.2) is 60.8 Å². The highest BCUT2D eigenvalue weighted by Gasteiger charge is 2.40. The molecule has 0 saturated carbocycles. The molecule has 1 saturated heterocycles. The second-order valence-electron chi connectivity index (χ2n) is 8.64. The topological polar surface area (TPSA) is 162 Å². The standard InChI is InChI=1S/C25H28N6O5/c1-36-23(33)18(11-15-7-3-2-4-8-15)28-22(32)21-12-16(26)13-31(21)25(35)29-19-14-30(24(27)34)20-10-6-5-9-17(19)20/h2-10,14,16,18,21H,11-13,26H2,1H3,(H2,27,34)(H,28,32)(H,29,35)/t16-,18-,21-/m0/s1. The quantitative estimate of drug-likeness (QED) is 0.380. The van der Waals surface area contributed by atoms with Crippen LogP contribution in [0, 0.1) is 0 Å². The van der Waals surface area contributed by atoms with Gasteiger partial charge >= 0.3 is 18.0 Å². The highest BCUT2D eigenvalue weighted by molar-refractivity contribution is 6.05. The van der Waals surface area contributed by atoms with Gasteiger partial charge in [0.15, 0.2) is 0 Å².